The Morgan fingerprint density at radius 3 is 2.81 bits per heavy atom. The monoisotopic (exact) mass is 352 g/mol. The first-order valence-electron chi connectivity index (χ1n) is 9.42. The maximum Gasteiger partial charge on any atom is 0.240 e. The molecule has 5 rings (SSSR count). The number of amides is 2. The molecule has 0 bridgehead atoms. The Kier molecular flexibility index (Phi) is 3.65. The first-order valence-corrected chi connectivity index (χ1v) is 9.42. The number of carbonyl (C=O) groups excluding carboxylic acids is 2. The Balaban J connectivity index is 1.41. The zero-order chi connectivity index (χ0) is 17.8. The summed E-state index contributed by atoms with van der Waals surface area (Å²) >= 11 is 0. The Morgan fingerprint density at radius 1 is 1.19 bits per heavy atom. The van der Waals surface area contributed by atoms with Crippen LogP contribution >= 0.6 is 0 Å². The molecule has 2 saturated heterocycles. The summed E-state index contributed by atoms with van der Waals surface area (Å²) in [6.07, 6.45) is 4.38. The molecule has 136 valence electrons. The lowest BCUT2D eigenvalue weighted by atomic mass is 9.72. The van der Waals surface area contributed by atoms with Crippen LogP contribution in [0.25, 0.3) is 10.9 Å². The number of fused-ring (bicyclic) bond motifs is 2. The summed E-state index contributed by atoms with van der Waals surface area (Å²) in [5.74, 6) is 0.626. The number of likely N-dealkylation sites (tertiary alicyclic amines) is 1. The summed E-state index contributed by atoms with van der Waals surface area (Å²) in [5, 5.41) is 3.80. The van der Waals surface area contributed by atoms with Gasteiger partial charge in [0.1, 0.15) is 0 Å². The quantitative estimate of drug-likeness (QED) is 0.794. The molecule has 1 aliphatic carbocycles. The van der Waals surface area contributed by atoms with E-state index in [1.54, 1.807) is 0 Å². The molecule has 26 heavy (non-hydrogen) atoms. The van der Waals surface area contributed by atoms with E-state index >= 15 is 0 Å². The van der Waals surface area contributed by atoms with E-state index in [4.69, 9.17) is 0 Å². The molecule has 2 fully saturated rings. The molecule has 1 unspecified atom stereocenters. The molecule has 6 nitrogen and oxygen atoms in total. The van der Waals surface area contributed by atoms with E-state index in [2.05, 4.69) is 46.6 Å². The van der Waals surface area contributed by atoms with Crippen molar-refractivity contribution >= 4 is 22.7 Å². The van der Waals surface area contributed by atoms with Crippen molar-refractivity contribution in [3.05, 3.63) is 35.5 Å². The number of hydrogen-bond donors (Lipinski definition) is 2. The lowest BCUT2D eigenvalue weighted by Crippen LogP contribution is -2.55. The number of benzene rings is 1. The summed E-state index contributed by atoms with van der Waals surface area (Å²) in [6, 6.07) is 7.12. The van der Waals surface area contributed by atoms with Crippen LogP contribution in [-0.4, -0.2) is 65.9 Å². The summed E-state index contributed by atoms with van der Waals surface area (Å²) in [6.45, 7) is 2.49. The molecule has 1 aromatic carbocycles. The second kappa shape index (κ2) is 5.93. The average Bonchev–Trinajstić information content (AvgIpc) is 3.00. The van der Waals surface area contributed by atoms with Crippen molar-refractivity contribution in [1.29, 1.82) is 0 Å². The molecule has 2 aliphatic heterocycles. The van der Waals surface area contributed by atoms with Gasteiger partial charge in [0.15, 0.2) is 0 Å². The van der Waals surface area contributed by atoms with E-state index in [-0.39, 0.29) is 11.8 Å². The lowest BCUT2D eigenvalue weighted by molar-refractivity contribution is -0.136. The molecule has 6 heteroatoms. The van der Waals surface area contributed by atoms with Crippen LogP contribution in [0.4, 0.5) is 0 Å². The molecular weight excluding hydrogens is 328 g/mol. The van der Waals surface area contributed by atoms with Crippen molar-refractivity contribution in [2.24, 2.45) is 5.92 Å². The molecule has 3 atom stereocenters. The number of carbonyl (C=O) groups is 2. The molecule has 2 aromatic rings. The van der Waals surface area contributed by atoms with Gasteiger partial charge in [0, 0.05) is 42.1 Å². The van der Waals surface area contributed by atoms with Gasteiger partial charge in [-0.1, -0.05) is 12.1 Å². The van der Waals surface area contributed by atoms with Gasteiger partial charge in [-0.05, 0) is 43.0 Å². The zero-order valence-corrected chi connectivity index (χ0v) is 15.0. The first-order chi connectivity index (χ1) is 12.6. The van der Waals surface area contributed by atoms with Crippen molar-refractivity contribution in [3.63, 3.8) is 0 Å². The summed E-state index contributed by atoms with van der Waals surface area (Å²) < 4.78 is 0. The fourth-order valence-electron chi connectivity index (χ4n) is 5.38. The molecule has 0 saturated carbocycles. The Labute approximate surface area is 152 Å². The molecule has 0 radical (unpaired) electrons. The third kappa shape index (κ3) is 2.56. The third-order valence-corrected chi connectivity index (χ3v) is 6.34. The van der Waals surface area contributed by atoms with Gasteiger partial charge in [-0.2, -0.15) is 0 Å². The van der Waals surface area contributed by atoms with Crippen LogP contribution in [0.2, 0.25) is 0 Å². The highest BCUT2D eigenvalue weighted by atomic mass is 16.2. The number of H-pyrrole nitrogens is 1. The number of aromatic nitrogens is 1. The molecule has 1 aromatic heterocycles. The van der Waals surface area contributed by atoms with Crippen molar-refractivity contribution in [2.75, 3.05) is 33.2 Å². The van der Waals surface area contributed by atoms with E-state index < -0.39 is 0 Å². The maximum atomic E-state index is 11.7. The van der Waals surface area contributed by atoms with Crippen molar-refractivity contribution < 1.29 is 9.59 Å². The predicted molar refractivity (Wildman–Crippen MR) is 98.9 cm³/mol. The normalized spacial score (nSPS) is 29.7. The number of hydrogen-bond acceptors (Lipinski definition) is 4. The van der Waals surface area contributed by atoms with E-state index in [1.165, 1.54) is 22.0 Å². The van der Waals surface area contributed by atoms with Gasteiger partial charge in [0.2, 0.25) is 11.8 Å². The first kappa shape index (κ1) is 16.0. The highest BCUT2D eigenvalue weighted by Crippen LogP contribution is 2.44. The number of nitrogens with zero attached hydrogens (tertiary/aromatic N) is 2. The summed E-state index contributed by atoms with van der Waals surface area (Å²) in [5.41, 5.74) is 4.12. The number of rotatable bonds is 2. The minimum absolute atomic E-state index is 0.178. The number of piperidine rings is 1. The van der Waals surface area contributed by atoms with Gasteiger partial charge in [0.25, 0.3) is 0 Å². The third-order valence-electron chi connectivity index (χ3n) is 6.34. The Bertz CT molecular complexity index is 873. The summed E-state index contributed by atoms with van der Waals surface area (Å²) in [7, 11) is 2.22. The predicted octanol–water partition coefficient (Wildman–Crippen LogP) is 1.09. The molecule has 2 N–H and O–H groups in total. The average molecular weight is 352 g/mol. The Hall–Kier alpha value is -2.18. The van der Waals surface area contributed by atoms with Gasteiger partial charge < -0.3 is 9.88 Å². The van der Waals surface area contributed by atoms with Gasteiger partial charge >= 0.3 is 0 Å². The highest BCUT2D eigenvalue weighted by molar-refractivity contribution is 5.99. The van der Waals surface area contributed by atoms with Crippen LogP contribution in [0.5, 0.6) is 0 Å². The van der Waals surface area contributed by atoms with Crippen molar-refractivity contribution in [2.45, 2.75) is 24.8 Å². The molecule has 0 spiro atoms. The standard InChI is InChI=1S/C20H24N4O2/c1-23-8-12(9-24-10-18(25)22-19(26)11-24)5-15-14-3-2-4-16-20(14)13(7-21-16)6-17(15)23/h2-4,7,12,15,17,21H,5-6,8-11H2,1H3,(H,22,25,26)/t12?,15-,17-/m1/s1. The van der Waals surface area contributed by atoms with Gasteiger partial charge in [0.05, 0.1) is 13.1 Å². The van der Waals surface area contributed by atoms with Crippen LogP contribution in [0.1, 0.15) is 23.5 Å². The second-order valence-electron chi connectivity index (χ2n) is 8.14. The fraction of sp³-hybridized carbons (Fsp3) is 0.500. The van der Waals surface area contributed by atoms with Gasteiger partial charge in [-0.25, -0.2) is 0 Å². The number of aromatic amines is 1. The van der Waals surface area contributed by atoms with Crippen LogP contribution < -0.4 is 5.32 Å². The summed E-state index contributed by atoms with van der Waals surface area (Å²) in [4.78, 5) is 31.2. The number of nitrogens with one attached hydrogen (secondary N) is 2. The topological polar surface area (TPSA) is 68.4 Å². The molecule has 3 aliphatic rings. The van der Waals surface area contributed by atoms with Crippen LogP contribution in [0.15, 0.2) is 24.4 Å². The highest BCUT2D eigenvalue weighted by Gasteiger charge is 2.40. The van der Waals surface area contributed by atoms with Crippen LogP contribution in [0.3, 0.4) is 0 Å². The fourth-order valence-corrected chi connectivity index (χ4v) is 5.38. The number of likely N-dealkylation sites (N-methyl/N-ethyl adjacent to an activating group) is 1. The van der Waals surface area contributed by atoms with Crippen molar-refractivity contribution in [1.82, 2.24) is 20.1 Å². The largest absolute Gasteiger partial charge is 0.361 e. The number of piperazine rings is 1. The van der Waals surface area contributed by atoms with E-state index in [9.17, 15) is 9.59 Å². The number of imide groups is 1. The van der Waals surface area contributed by atoms with E-state index in [0.29, 0.717) is 31.0 Å². The van der Waals surface area contributed by atoms with Crippen LogP contribution in [0, 0.1) is 5.92 Å². The smallest absolute Gasteiger partial charge is 0.240 e. The minimum Gasteiger partial charge on any atom is -0.361 e. The zero-order valence-electron chi connectivity index (χ0n) is 15.0. The molecule has 3 heterocycles. The molecule has 2 amide bonds. The maximum absolute atomic E-state index is 11.7. The lowest BCUT2D eigenvalue weighted by Gasteiger charge is -2.46. The van der Waals surface area contributed by atoms with E-state index in [0.717, 1.165) is 25.9 Å². The SMILES string of the molecule is CN1CC(CN2CC(=O)NC(=O)C2)C[C@@H]2c3cccc4[nH]cc(c34)C[C@H]21. The molecular formula is C20H24N4O2. The minimum atomic E-state index is -0.178. The van der Waals surface area contributed by atoms with Crippen LogP contribution in [-0.2, 0) is 16.0 Å². The Morgan fingerprint density at radius 2 is 2.00 bits per heavy atom. The van der Waals surface area contributed by atoms with E-state index in [1.807, 2.05) is 4.90 Å². The van der Waals surface area contributed by atoms with Crippen molar-refractivity contribution in [3.8, 4) is 0 Å². The van der Waals surface area contributed by atoms with Gasteiger partial charge in [-0.15, -0.1) is 0 Å². The van der Waals surface area contributed by atoms with Gasteiger partial charge in [-0.3, -0.25) is 19.8 Å². The second-order valence-corrected chi connectivity index (χ2v) is 8.14.